The molecule has 1 saturated heterocycles. The van der Waals surface area contributed by atoms with Gasteiger partial charge in [0, 0.05) is 44.0 Å². The summed E-state index contributed by atoms with van der Waals surface area (Å²) in [5, 5.41) is 6.11. The van der Waals surface area contributed by atoms with Crippen LogP contribution < -0.4 is 21.3 Å². The lowest BCUT2D eigenvalue weighted by Crippen LogP contribution is -2.44. The molecule has 2 aliphatic rings. The number of nitrogen functional groups attached to an aromatic ring is 1. The lowest BCUT2D eigenvalue weighted by Gasteiger charge is -2.33. The molecule has 1 aromatic carbocycles. The normalized spacial score (nSPS) is 16.0. The van der Waals surface area contributed by atoms with Crippen LogP contribution in [0.1, 0.15) is 20.4 Å². The number of aromatic nitrogens is 2. The second kappa shape index (κ2) is 9.88. The number of rotatable bonds is 4. The van der Waals surface area contributed by atoms with Gasteiger partial charge in [0.05, 0.1) is 35.5 Å². The molecule has 10 nitrogen and oxygen atoms in total. The summed E-state index contributed by atoms with van der Waals surface area (Å²) in [6.45, 7) is 4.85. The summed E-state index contributed by atoms with van der Waals surface area (Å²) >= 11 is 1.31. The topological polar surface area (TPSA) is 120 Å². The maximum Gasteiger partial charge on any atom is 0.322 e. The first-order chi connectivity index (χ1) is 17.0. The van der Waals surface area contributed by atoms with Crippen LogP contribution in [0.2, 0.25) is 0 Å². The van der Waals surface area contributed by atoms with Crippen molar-refractivity contribution in [2.45, 2.75) is 13.0 Å². The molecule has 11 heteroatoms. The number of carbonyl (C=O) groups is 2. The molecule has 35 heavy (non-hydrogen) atoms. The first-order valence-corrected chi connectivity index (χ1v) is 12.4. The van der Waals surface area contributed by atoms with Crippen LogP contribution in [0.25, 0.3) is 0 Å². The van der Waals surface area contributed by atoms with Gasteiger partial charge in [0.2, 0.25) is 0 Å². The smallest absolute Gasteiger partial charge is 0.322 e. The lowest BCUT2D eigenvalue weighted by molar-refractivity contribution is 0.102. The molecule has 0 saturated carbocycles. The number of hydrogen-bond acceptors (Lipinski definition) is 8. The summed E-state index contributed by atoms with van der Waals surface area (Å²) in [6.07, 6.45) is 2.30. The van der Waals surface area contributed by atoms with Crippen LogP contribution in [0.5, 0.6) is 0 Å². The van der Waals surface area contributed by atoms with Gasteiger partial charge in [0.15, 0.2) is 5.01 Å². The molecule has 0 spiro atoms. The Balaban J connectivity index is 1.19. The number of benzene rings is 1. The number of thiazole rings is 1. The maximum atomic E-state index is 12.9. The van der Waals surface area contributed by atoms with Gasteiger partial charge in [-0.05, 0) is 31.3 Å². The number of nitrogens with one attached hydrogen (secondary N) is 2. The summed E-state index contributed by atoms with van der Waals surface area (Å²) in [5.74, 6) is 0.622. The predicted octanol–water partition coefficient (Wildman–Crippen LogP) is 2.71. The summed E-state index contributed by atoms with van der Waals surface area (Å²) in [4.78, 5) is 41.8. The van der Waals surface area contributed by atoms with E-state index >= 15 is 0 Å². The van der Waals surface area contributed by atoms with Gasteiger partial charge in [-0.25, -0.2) is 14.8 Å². The number of nitrogens with zero attached hydrogens (tertiary/aromatic N) is 5. The third-order valence-corrected chi connectivity index (χ3v) is 7.33. The van der Waals surface area contributed by atoms with E-state index in [4.69, 9.17) is 5.73 Å². The maximum absolute atomic E-state index is 12.9. The van der Waals surface area contributed by atoms with Crippen molar-refractivity contribution >= 4 is 46.2 Å². The van der Waals surface area contributed by atoms with Crippen LogP contribution in [0.4, 0.5) is 27.7 Å². The number of para-hydroxylation sites is 2. The molecule has 2 aliphatic heterocycles. The Hall–Kier alpha value is -3.70. The average molecular weight is 493 g/mol. The molecule has 182 valence electrons. The Bertz CT molecular complexity index is 1220. The summed E-state index contributed by atoms with van der Waals surface area (Å²) in [5.41, 5.74) is 8.49. The Morgan fingerprint density at radius 2 is 1.83 bits per heavy atom. The molecule has 5 rings (SSSR count). The minimum Gasteiger partial charge on any atom is -0.397 e. The fourth-order valence-corrected chi connectivity index (χ4v) is 5.16. The number of likely N-dealkylation sites (N-methyl/N-ethyl adjacent to an activating group) is 1. The third-order valence-electron chi connectivity index (χ3n) is 6.25. The van der Waals surface area contributed by atoms with Crippen LogP contribution in [0, 0.1) is 0 Å². The van der Waals surface area contributed by atoms with Crippen molar-refractivity contribution in [3.63, 3.8) is 0 Å². The van der Waals surface area contributed by atoms with E-state index in [0.29, 0.717) is 41.6 Å². The molecule has 0 radical (unpaired) electrons. The molecular formula is C24H28N8O2S. The van der Waals surface area contributed by atoms with Gasteiger partial charge < -0.3 is 31.1 Å². The van der Waals surface area contributed by atoms with E-state index in [0.717, 1.165) is 42.6 Å². The van der Waals surface area contributed by atoms with Crippen molar-refractivity contribution in [3.05, 3.63) is 58.2 Å². The van der Waals surface area contributed by atoms with Gasteiger partial charge in [-0.1, -0.05) is 12.1 Å². The molecule has 1 fully saturated rings. The fourth-order valence-electron chi connectivity index (χ4n) is 4.14. The minimum atomic E-state index is -0.301. The summed E-state index contributed by atoms with van der Waals surface area (Å²) < 4.78 is 0. The van der Waals surface area contributed by atoms with E-state index in [1.807, 2.05) is 24.3 Å². The van der Waals surface area contributed by atoms with E-state index in [2.05, 4.69) is 37.4 Å². The number of anilines is 4. The lowest BCUT2D eigenvalue weighted by atomic mass is 10.2. The molecule has 0 bridgehead atoms. The molecule has 3 aromatic rings. The van der Waals surface area contributed by atoms with Crippen molar-refractivity contribution < 1.29 is 9.59 Å². The molecule has 4 N–H and O–H groups in total. The highest BCUT2D eigenvalue weighted by Gasteiger charge is 2.26. The number of pyridine rings is 1. The van der Waals surface area contributed by atoms with Crippen LogP contribution in [0.3, 0.4) is 0 Å². The number of carbonyl (C=O) groups excluding carboxylic acids is 2. The zero-order valence-corrected chi connectivity index (χ0v) is 20.3. The Labute approximate surface area is 207 Å². The van der Waals surface area contributed by atoms with E-state index in [1.165, 1.54) is 11.3 Å². The van der Waals surface area contributed by atoms with E-state index < -0.39 is 0 Å². The van der Waals surface area contributed by atoms with Crippen molar-refractivity contribution in [1.29, 1.82) is 0 Å². The molecule has 3 amide bonds. The van der Waals surface area contributed by atoms with Crippen LogP contribution >= 0.6 is 11.3 Å². The number of amides is 3. The zero-order valence-electron chi connectivity index (χ0n) is 19.5. The average Bonchev–Trinajstić information content (AvgIpc) is 3.30. The molecule has 0 aliphatic carbocycles. The van der Waals surface area contributed by atoms with E-state index in [-0.39, 0.29) is 11.9 Å². The molecular weight excluding hydrogens is 464 g/mol. The SMILES string of the molecule is CN1CCN(c2ccc(NC(=O)N3CCc4nc(C(=O)Nc5ccccc5N)sc4C3)cn2)CC1. The van der Waals surface area contributed by atoms with Gasteiger partial charge in [0.1, 0.15) is 5.82 Å². The highest BCUT2D eigenvalue weighted by atomic mass is 32.1. The second-order valence-corrected chi connectivity index (χ2v) is 9.81. The first-order valence-electron chi connectivity index (χ1n) is 11.6. The Kier molecular flexibility index (Phi) is 6.51. The number of urea groups is 1. The molecule has 0 unspecified atom stereocenters. The number of piperazine rings is 1. The third kappa shape index (κ3) is 5.20. The zero-order chi connectivity index (χ0) is 24.4. The monoisotopic (exact) mass is 492 g/mol. The standard InChI is InChI=1S/C24H28N8O2S/c1-30-10-12-31(13-11-30)21-7-6-16(14-26-21)27-24(34)32-9-8-19-20(15-32)35-23(29-19)22(33)28-18-5-3-2-4-17(18)25/h2-7,14H,8-13,15,25H2,1H3,(H,27,34)(H,28,33). The second-order valence-electron chi connectivity index (χ2n) is 8.73. The highest BCUT2D eigenvalue weighted by Crippen LogP contribution is 2.27. The fraction of sp³-hybridized carbons (Fsp3) is 0.333. The Morgan fingerprint density at radius 1 is 1.03 bits per heavy atom. The number of hydrogen-bond donors (Lipinski definition) is 3. The van der Waals surface area contributed by atoms with Gasteiger partial charge in [-0.3, -0.25) is 4.79 Å². The largest absolute Gasteiger partial charge is 0.397 e. The van der Waals surface area contributed by atoms with E-state index in [9.17, 15) is 9.59 Å². The predicted molar refractivity (Wildman–Crippen MR) is 138 cm³/mol. The van der Waals surface area contributed by atoms with Gasteiger partial charge in [0.25, 0.3) is 5.91 Å². The quantitative estimate of drug-likeness (QED) is 0.479. The van der Waals surface area contributed by atoms with Gasteiger partial charge in [-0.15, -0.1) is 11.3 Å². The number of nitrogens with two attached hydrogens (primary N) is 1. The summed E-state index contributed by atoms with van der Waals surface area (Å²) in [7, 11) is 2.12. The van der Waals surface area contributed by atoms with E-state index in [1.54, 1.807) is 23.2 Å². The molecule has 4 heterocycles. The summed E-state index contributed by atoms with van der Waals surface area (Å²) in [6, 6.07) is 10.7. The van der Waals surface area contributed by atoms with Crippen molar-refractivity contribution in [1.82, 2.24) is 19.8 Å². The van der Waals surface area contributed by atoms with Crippen molar-refractivity contribution in [2.24, 2.45) is 0 Å². The molecule has 2 aromatic heterocycles. The highest BCUT2D eigenvalue weighted by molar-refractivity contribution is 7.13. The van der Waals surface area contributed by atoms with Crippen LogP contribution in [-0.2, 0) is 13.0 Å². The Morgan fingerprint density at radius 3 is 2.57 bits per heavy atom. The number of fused-ring (bicyclic) bond motifs is 1. The van der Waals surface area contributed by atoms with Gasteiger partial charge in [-0.2, -0.15) is 0 Å². The van der Waals surface area contributed by atoms with Crippen molar-refractivity contribution in [3.8, 4) is 0 Å². The van der Waals surface area contributed by atoms with Gasteiger partial charge >= 0.3 is 6.03 Å². The van der Waals surface area contributed by atoms with Crippen LogP contribution in [0.15, 0.2) is 42.6 Å². The van der Waals surface area contributed by atoms with Crippen LogP contribution in [-0.4, -0.2) is 71.5 Å². The minimum absolute atomic E-state index is 0.193. The molecule has 0 atom stereocenters. The first kappa shape index (κ1) is 23.1. The van der Waals surface area contributed by atoms with Crippen molar-refractivity contribution in [2.75, 3.05) is 61.0 Å².